The molecule has 3 aromatic rings. The molecule has 2 amide bonds. The molecule has 8 nitrogen and oxygen atoms in total. The second-order valence-electron chi connectivity index (χ2n) is 9.24. The number of rotatable bonds is 3. The van der Waals surface area contributed by atoms with Crippen molar-refractivity contribution in [3.8, 4) is 23.0 Å². The lowest BCUT2D eigenvalue weighted by Crippen LogP contribution is -2.40. The number of halogens is 2. The van der Waals surface area contributed by atoms with E-state index in [0.29, 0.717) is 43.2 Å². The van der Waals surface area contributed by atoms with Gasteiger partial charge in [0.1, 0.15) is 5.75 Å². The first-order chi connectivity index (χ1) is 18.9. The Hall–Kier alpha value is -4.34. The molecular formula is C29H28F2N2O6. The van der Waals surface area contributed by atoms with Crippen molar-refractivity contribution in [2.24, 2.45) is 0 Å². The van der Waals surface area contributed by atoms with E-state index < -0.39 is 29.3 Å². The fraction of sp³-hybridized carbons (Fsp3) is 0.310. The first-order valence-electron chi connectivity index (χ1n) is 12.6. The van der Waals surface area contributed by atoms with E-state index in [2.05, 4.69) is 5.32 Å². The van der Waals surface area contributed by atoms with Crippen LogP contribution in [0.15, 0.2) is 48.5 Å². The van der Waals surface area contributed by atoms with Crippen molar-refractivity contribution in [3.05, 3.63) is 82.4 Å². The van der Waals surface area contributed by atoms with E-state index >= 15 is 0 Å². The smallest absolute Gasteiger partial charge is 0.257 e. The zero-order valence-corrected chi connectivity index (χ0v) is 21.6. The number of ether oxygens (including phenoxy) is 4. The molecule has 3 aliphatic rings. The highest BCUT2D eigenvalue weighted by molar-refractivity contribution is 5.95. The average Bonchev–Trinajstić information content (AvgIpc) is 2.93. The molecule has 3 aromatic carbocycles. The number of amides is 2. The number of nitrogens with zero attached hydrogens (tertiary/aromatic N) is 1. The first kappa shape index (κ1) is 26.3. The maximum Gasteiger partial charge on any atom is 0.257 e. The highest BCUT2D eigenvalue weighted by Crippen LogP contribution is 2.42. The SMILES string of the molecule is COc1cc2c3cc1OCC(=O)NCCCOc1cccc(c1)C2N(C(=O)c1cc(F)c(OC)c(F)c1)CC3. The maximum atomic E-state index is 14.5. The second kappa shape index (κ2) is 11.2. The predicted molar refractivity (Wildman–Crippen MR) is 138 cm³/mol. The number of carbonyl (C=O) groups is 2. The molecule has 10 heteroatoms. The topological polar surface area (TPSA) is 86.3 Å². The van der Waals surface area contributed by atoms with E-state index in [9.17, 15) is 18.4 Å². The van der Waals surface area contributed by atoms with Crippen LogP contribution >= 0.6 is 0 Å². The molecule has 0 saturated heterocycles. The Bertz CT molecular complexity index is 1390. The van der Waals surface area contributed by atoms with Crippen molar-refractivity contribution in [2.45, 2.75) is 18.9 Å². The van der Waals surface area contributed by atoms with Crippen LogP contribution in [0.4, 0.5) is 8.78 Å². The minimum absolute atomic E-state index is 0.133. The van der Waals surface area contributed by atoms with E-state index in [1.807, 2.05) is 30.3 Å². The molecule has 0 spiro atoms. The van der Waals surface area contributed by atoms with Gasteiger partial charge in [0, 0.05) is 18.7 Å². The van der Waals surface area contributed by atoms with Crippen molar-refractivity contribution >= 4 is 11.8 Å². The molecule has 39 heavy (non-hydrogen) atoms. The van der Waals surface area contributed by atoms with Gasteiger partial charge in [-0.25, -0.2) is 8.78 Å². The zero-order valence-electron chi connectivity index (χ0n) is 21.6. The van der Waals surface area contributed by atoms with Crippen molar-refractivity contribution < 1.29 is 37.3 Å². The van der Waals surface area contributed by atoms with Gasteiger partial charge in [-0.05, 0) is 65.9 Å². The van der Waals surface area contributed by atoms with Crippen LogP contribution < -0.4 is 24.3 Å². The van der Waals surface area contributed by atoms with E-state index in [0.717, 1.165) is 35.9 Å². The molecule has 6 bridgehead atoms. The van der Waals surface area contributed by atoms with E-state index in [-0.39, 0.29) is 24.6 Å². The molecule has 1 atom stereocenters. The van der Waals surface area contributed by atoms with Crippen LogP contribution in [-0.2, 0) is 11.2 Å². The zero-order chi connectivity index (χ0) is 27.5. The summed E-state index contributed by atoms with van der Waals surface area (Å²) in [4.78, 5) is 27.6. The number of hydrogen-bond acceptors (Lipinski definition) is 6. The average molecular weight is 539 g/mol. The van der Waals surface area contributed by atoms with Gasteiger partial charge in [0.2, 0.25) is 0 Å². The monoisotopic (exact) mass is 538 g/mol. The lowest BCUT2D eigenvalue weighted by Gasteiger charge is -2.38. The number of methoxy groups -OCH3 is 2. The molecule has 1 N–H and O–H groups in total. The fourth-order valence-corrected chi connectivity index (χ4v) is 4.98. The predicted octanol–water partition coefficient (Wildman–Crippen LogP) is 4.05. The van der Waals surface area contributed by atoms with Gasteiger partial charge in [0.05, 0.1) is 26.9 Å². The first-order valence-corrected chi connectivity index (χ1v) is 12.6. The lowest BCUT2D eigenvalue weighted by atomic mass is 9.87. The molecule has 0 aliphatic carbocycles. The Morgan fingerprint density at radius 2 is 1.85 bits per heavy atom. The van der Waals surface area contributed by atoms with Crippen molar-refractivity contribution in [1.29, 1.82) is 0 Å². The summed E-state index contributed by atoms with van der Waals surface area (Å²) in [6.07, 6.45) is 1.03. The Kier molecular flexibility index (Phi) is 7.53. The van der Waals surface area contributed by atoms with E-state index in [4.69, 9.17) is 18.9 Å². The van der Waals surface area contributed by atoms with Gasteiger partial charge in [0.25, 0.3) is 11.8 Å². The van der Waals surface area contributed by atoms with Crippen LogP contribution in [0.5, 0.6) is 23.0 Å². The summed E-state index contributed by atoms with van der Waals surface area (Å²) in [6, 6.07) is 12.3. The van der Waals surface area contributed by atoms with Gasteiger partial charge in [-0.1, -0.05) is 12.1 Å². The standard InChI is InChI=1S/C29H28F2N2O6/c1-36-24-15-21-17-7-9-33(29(35)19-12-22(30)28(37-2)23(31)13-19)27(21)18-5-3-6-20(11-18)38-10-4-8-32-26(34)16-39-25(24)14-17/h3,5-6,11-15,27H,4,7-10,16H2,1-2H3,(H,32,34). The third-order valence-electron chi connectivity index (χ3n) is 6.81. The van der Waals surface area contributed by atoms with Gasteiger partial charge in [-0.2, -0.15) is 0 Å². The van der Waals surface area contributed by atoms with E-state index in [1.165, 1.54) is 7.11 Å². The summed E-state index contributed by atoms with van der Waals surface area (Å²) in [5, 5.41) is 2.80. The second-order valence-corrected chi connectivity index (χ2v) is 9.24. The Morgan fingerprint density at radius 3 is 2.59 bits per heavy atom. The maximum absolute atomic E-state index is 14.5. The fourth-order valence-electron chi connectivity index (χ4n) is 4.98. The summed E-state index contributed by atoms with van der Waals surface area (Å²) in [5.41, 5.74) is 2.28. The van der Waals surface area contributed by atoms with Crippen LogP contribution in [0.2, 0.25) is 0 Å². The molecule has 3 aliphatic heterocycles. The lowest BCUT2D eigenvalue weighted by molar-refractivity contribution is -0.123. The van der Waals surface area contributed by atoms with Crippen LogP contribution in [-0.4, -0.2) is 57.2 Å². The molecule has 0 fully saturated rings. The largest absolute Gasteiger partial charge is 0.494 e. The summed E-state index contributed by atoms with van der Waals surface area (Å²) in [7, 11) is 2.65. The van der Waals surface area contributed by atoms with E-state index in [1.54, 1.807) is 11.0 Å². The molecule has 0 aromatic heterocycles. The van der Waals surface area contributed by atoms with Crippen molar-refractivity contribution in [2.75, 3.05) is 40.5 Å². The van der Waals surface area contributed by atoms with Crippen LogP contribution in [0.3, 0.4) is 0 Å². The third-order valence-corrected chi connectivity index (χ3v) is 6.81. The van der Waals surface area contributed by atoms with Gasteiger partial charge in [0.15, 0.2) is 35.5 Å². The third kappa shape index (κ3) is 5.32. The Labute approximate surface area is 224 Å². The number of fused-ring (bicyclic) bond motifs is 8. The Balaban J connectivity index is 1.63. The minimum Gasteiger partial charge on any atom is -0.494 e. The summed E-state index contributed by atoms with van der Waals surface area (Å²) in [5.74, 6) is -1.87. The van der Waals surface area contributed by atoms with Gasteiger partial charge >= 0.3 is 0 Å². The quantitative estimate of drug-likeness (QED) is 0.542. The van der Waals surface area contributed by atoms with Crippen LogP contribution in [0, 0.1) is 11.6 Å². The molecule has 6 rings (SSSR count). The summed E-state index contributed by atoms with van der Waals surface area (Å²) >= 11 is 0. The minimum atomic E-state index is -0.959. The number of hydrogen-bond donors (Lipinski definition) is 1. The summed E-state index contributed by atoms with van der Waals surface area (Å²) < 4.78 is 51.1. The molecule has 204 valence electrons. The molecule has 0 radical (unpaired) electrons. The van der Waals surface area contributed by atoms with Crippen LogP contribution in [0.1, 0.15) is 39.5 Å². The van der Waals surface area contributed by atoms with Gasteiger partial charge in [-0.3, -0.25) is 9.59 Å². The van der Waals surface area contributed by atoms with Crippen molar-refractivity contribution in [3.63, 3.8) is 0 Å². The number of carbonyl (C=O) groups excluding carboxylic acids is 2. The van der Waals surface area contributed by atoms with Crippen LogP contribution in [0.25, 0.3) is 0 Å². The van der Waals surface area contributed by atoms with Gasteiger partial charge in [-0.15, -0.1) is 0 Å². The number of nitrogens with one attached hydrogen (secondary N) is 1. The molecule has 1 unspecified atom stereocenters. The molecule has 3 heterocycles. The normalized spacial score (nSPS) is 17.1. The van der Waals surface area contributed by atoms with Crippen molar-refractivity contribution in [1.82, 2.24) is 10.2 Å². The summed E-state index contributed by atoms with van der Waals surface area (Å²) in [6.45, 7) is 0.874. The Morgan fingerprint density at radius 1 is 1.05 bits per heavy atom. The highest BCUT2D eigenvalue weighted by Gasteiger charge is 2.35. The molecule has 0 saturated carbocycles. The van der Waals surface area contributed by atoms with Gasteiger partial charge < -0.3 is 29.2 Å². The number of benzene rings is 3. The highest BCUT2D eigenvalue weighted by atomic mass is 19.1. The molecular weight excluding hydrogens is 510 g/mol.